The largest absolute Gasteiger partial charge is 0.355 e. The molecule has 9 aromatic rings. The first-order valence-electron chi connectivity index (χ1n) is 28.2. The SMILES string of the molecule is Cc1ccc(Nc2cc3c(cc2-c2cc(-c4ccc5c(c4)C(C)(C)c4ccccc4-5)c4c5cc6c(cc5n5c4c2Bc2cc(C)ccc2-5)C(C)(C)CCC6(C)C)-c2cc4c(cc2C3(C)C)C(C)(C)CCC4(C)C)cc1. The molecule has 0 fully saturated rings. The van der Waals surface area contributed by atoms with Gasteiger partial charge in [0.2, 0.25) is 0 Å². The molecule has 3 heteroatoms. The van der Waals surface area contributed by atoms with Gasteiger partial charge in [-0.1, -0.05) is 166 Å². The van der Waals surface area contributed by atoms with Gasteiger partial charge in [-0.3, -0.25) is 0 Å². The maximum atomic E-state index is 4.12. The first-order valence-corrected chi connectivity index (χ1v) is 28.2. The lowest BCUT2D eigenvalue weighted by Crippen LogP contribution is -2.37. The molecule has 1 N–H and O–H groups in total. The van der Waals surface area contributed by atoms with Gasteiger partial charge in [0, 0.05) is 49.7 Å². The Balaban J connectivity index is 1.13. The summed E-state index contributed by atoms with van der Waals surface area (Å²) in [5, 5.41) is 6.87. The summed E-state index contributed by atoms with van der Waals surface area (Å²) in [7, 11) is 0.850. The molecule has 0 unspecified atom stereocenters. The van der Waals surface area contributed by atoms with Gasteiger partial charge in [-0.15, -0.1) is 0 Å². The van der Waals surface area contributed by atoms with E-state index in [0.29, 0.717) is 0 Å². The second-order valence-corrected chi connectivity index (χ2v) is 27.7. The molecule has 75 heavy (non-hydrogen) atoms. The quantitative estimate of drug-likeness (QED) is 0.174. The smallest absolute Gasteiger partial charge is 0.198 e. The summed E-state index contributed by atoms with van der Waals surface area (Å²) in [6.07, 6.45) is 4.75. The molecule has 8 aromatic carbocycles. The number of hydrogen-bond acceptors (Lipinski definition) is 1. The summed E-state index contributed by atoms with van der Waals surface area (Å²) in [6, 6.07) is 51.2. The second kappa shape index (κ2) is 15.1. The molecule has 0 bridgehead atoms. The van der Waals surface area contributed by atoms with Gasteiger partial charge in [0.25, 0.3) is 0 Å². The molecule has 0 radical (unpaired) electrons. The molecule has 374 valence electrons. The molecule has 0 spiro atoms. The van der Waals surface area contributed by atoms with Crippen LogP contribution in [0.3, 0.4) is 0 Å². The fourth-order valence-electron chi connectivity index (χ4n) is 15.3. The van der Waals surface area contributed by atoms with Crippen molar-refractivity contribution in [2.45, 2.75) is 155 Å². The number of nitrogens with one attached hydrogen (secondary N) is 1. The van der Waals surface area contributed by atoms with Crippen molar-refractivity contribution in [3.8, 4) is 50.2 Å². The third-order valence-electron chi connectivity index (χ3n) is 20.3. The summed E-state index contributed by atoms with van der Waals surface area (Å²) in [4.78, 5) is 0. The lowest BCUT2D eigenvalue weighted by Gasteiger charge is -2.42. The van der Waals surface area contributed by atoms with Crippen molar-refractivity contribution in [3.63, 3.8) is 0 Å². The average Bonchev–Trinajstić information content (AvgIpc) is 3.91. The lowest BCUT2D eigenvalue weighted by atomic mass is 9.58. The van der Waals surface area contributed by atoms with E-state index in [1.807, 2.05) is 0 Å². The Morgan fingerprint density at radius 3 is 1.69 bits per heavy atom. The highest BCUT2D eigenvalue weighted by atomic mass is 15.0. The minimum Gasteiger partial charge on any atom is -0.355 e. The Labute approximate surface area is 447 Å². The monoisotopic (exact) mass is 977 g/mol. The summed E-state index contributed by atoms with van der Waals surface area (Å²) in [6.45, 7) is 34.1. The molecule has 2 nitrogen and oxygen atoms in total. The maximum Gasteiger partial charge on any atom is 0.198 e. The number of hydrogen-bond donors (Lipinski definition) is 1. The molecule has 14 rings (SSSR count). The van der Waals surface area contributed by atoms with E-state index in [9.17, 15) is 0 Å². The number of nitrogens with zero attached hydrogens (tertiary/aromatic N) is 1. The van der Waals surface area contributed by atoms with E-state index >= 15 is 0 Å². The van der Waals surface area contributed by atoms with E-state index in [1.165, 1.54) is 164 Å². The Morgan fingerprint density at radius 1 is 0.427 bits per heavy atom. The van der Waals surface area contributed by atoms with Crippen molar-refractivity contribution < 1.29 is 0 Å². The fraction of sp³-hybridized carbons (Fsp3) is 0.333. The van der Waals surface area contributed by atoms with Crippen LogP contribution in [0.15, 0.2) is 127 Å². The molecule has 0 saturated heterocycles. The Morgan fingerprint density at radius 2 is 0.987 bits per heavy atom. The third kappa shape index (κ3) is 6.52. The predicted molar refractivity (Wildman–Crippen MR) is 323 cm³/mol. The van der Waals surface area contributed by atoms with Crippen molar-refractivity contribution in [1.29, 1.82) is 0 Å². The summed E-state index contributed by atoms with van der Waals surface area (Å²) in [5.74, 6) is 0. The van der Waals surface area contributed by atoms with Gasteiger partial charge in [-0.25, -0.2) is 0 Å². The van der Waals surface area contributed by atoms with Crippen LogP contribution in [0, 0.1) is 13.8 Å². The molecule has 5 aliphatic rings. The summed E-state index contributed by atoms with van der Waals surface area (Å²) in [5.41, 5.74) is 34.0. The van der Waals surface area contributed by atoms with Crippen molar-refractivity contribution >= 4 is 51.4 Å². The number of benzene rings is 8. The van der Waals surface area contributed by atoms with Gasteiger partial charge in [0.15, 0.2) is 7.28 Å². The van der Waals surface area contributed by atoms with Gasteiger partial charge in [-0.2, -0.15) is 0 Å². The number of aromatic nitrogens is 1. The van der Waals surface area contributed by atoms with Crippen molar-refractivity contribution in [2.75, 3.05) is 5.32 Å². The first kappa shape index (κ1) is 46.9. The number of rotatable bonds is 4. The van der Waals surface area contributed by atoms with Crippen LogP contribution in [0.1, 0.15) is 164 Å². The zero-order valence-corrected chi connectivity index (χ0v) is 47.1. The minimum atomic E-state index is -0.193. The van der Waals surface area contributed by atoms with Gasteiger partial charge in [0.05, 0.1) is 5.52 Å². The van der Waals surface area contributed by atoms with Crippen LogP contribution in [0.4, 0.5) is 11.4 Å². The third-order valence-corrected chi connectivity index (χ3v) is 20.3. The van der Waals surface area contributed by atoms with E-state index in [0.717, 1.165) is 18.7 Å². The van der Waals surface area contributed by atoms with E-state index in [4.69, 9.17) is 0 Å². The van der Waals surface area contributed by atoms with Gasteiger partial charge < -0.3 is 9.88 Å². The Bertz CT molecular complexity index is 4010. The molecule has 0 amide bonds. The molecular weight excluding hydrogens is 904 g/mol. The number of anilines is 2. The molecule has 0 atom stereocenters. The van der Waals surface area contributed by atoms with Gasteiger partial charge in [-0.05, 0) is 211 Å². The van der Waals surface area contributed by atoms with Crippen LogP contribution < -0.4 is 16.2 Å². The maximum absolute atomic E-state index is 4.12. The van der Waals surface area contributed by atoms with E-state index in [2.05, 4.69) is 234 Å². The second-order valence-electron chi connectivity index (χ2n) is 27.7. The molecular formula is C72H73BN2. The van der Waals surface area contributed by atoms with Crippen LogP contribution in [0.5, 0.6) is 0 Å². The summed E-state index contributed by atoms with van der Waals surface area (Å²) >= 11 is 0. The number of fused-ring (bicyclic) bond motifs is 13. The highest BCUT2D eigenvalue weighted by Gasteiger charge is 2.44. The standard InChI is InChI=1S/C72H73BN2/c1-40-19-23-43(24-20-40)74-61-38-55-47(48-35-56-58(37-54(48)72(55,13)14)69(7,8)29-27-67(56,3)4)34-49(61)50-33-46(42-22-25-45-44-17-15-16-18-52(44)71(11,12)53(45)32-42)64-51-36-57-59(70(9,10)30-28-68(57,5)6)39-63(51)75-62-26-21-41(2)31-60(62)73-65(50)66(64)75/h15-26,31-39,73-74H,27-30H2,1-14H3. The molecule has 2 heterocycles. The highest BCUT2D eigenvalue weighted by Crippen LogP contribution is 2.58. The van der Waals surface area contributed by atoms with E-state index in [-0.39, 0.29) is 32.5 Å². The highest BCUT2D eigenvalue weighted by molar-refractivity contribution is 6.73. The number of aryl methyl sites for hydroxylation is 2. The summed E-state index contributed by atoms with van der Waals surface area (Å²) < 4.78 is 2.71. The molecule has 1 aliphatic heterocycles. The van der Waals surface area contributed by atoms with Crippen LogP contribution in [-0.2, 0) is 32.5 Å². The Hall–Kier alpha value is -6.58. The zero-order chi connectivity index (χ0) is 52.3. The minimum absolute atomic E-state index is 0.0597. The van der Waals surface area contributed by atoms with Crippen molar-refractivity contribution in [3.05, 3.63) is 183 Å². The first-order chi connectivity index (χ1) is 35.4. The molecule has 0 saturated carbocycles. The fourth-order valence-corrected chi connectivity index (χ4v) is 15.3. The molecule has 4 aliphatic carbocycles. The van der Waals surface area contributed by atoms with Crippen LogP contribution in [0.2, 0.25) is 0 Å². The Kier molecular flexibility index (Phi) is 9.44. The van der Waals surface area contributed by atoms with Crippen LogP contribution in [-0.4, -0.2) is 11.8 Å². The van der Waals surface area contributed by atoms with Crippen molar-refractivity contribution in [2.24, 2.45) is 0 Å². The average molecular weight is 977 g/mol. The van der Waals surface area contributed by atoms with Gasteiger partial charge in [0.1, 0.15) is 0 Å². The zero-order valence-electron chi connectivity index (χ0n) is 47.1. The molecule has 1 aromatic heterocycles. The van der Waals surface area contributed by atoms with Crippen LogP contribution in [0.25, 0.3) is 72.0 Å². The van der Waals surface area contributed by atoms with Gasteiger partial charge >= 0.3 is 0 Å². The van der Waals surface area contributed by atoms with Crippen molar-refractivity contribution in [1.82, 2.24) is 4.57 Å². The normalized spacial score (nSPS) is 18.8. The lowest BCUT2D eigenvalue weighted by molar-refractivity contribution is 0.331. The van der Waals surface area contributed by atoms with Crippen LogP contribution >= 0.6 is 0 Å². The van der Waals surface area contributed by atoms with E-state index < -0.39 is 0 Å². The van der Waals surface area contributed by atoms with E-state index in [1.54, 1.807) is 0 Å². The predicted octanol–water partition coefficient (Wildman–Crippen LogP) is 17.5. The topological polar surface area (TPSA) is 17.0 Å².